The Bertz CT molecular complexity index is 465. The van der Waals surface area contributed by atoms with Crippen molar-refractivity contribution in [3.05, 3.63) is 11.8 Å². The highest BCUT2D eigenvalue weighted by Gasteiger charge is 2.36. The molecule has 3 rings (SSSR count). The Hall–Kier alpha value is -1.36. The predicted octanol–water partition coefficient (Wildman–Crippen LogP) is 2.36. The van der Waals surface area contributed by atoms with Crippen molar-refractivity contribution in [3.63, 3.8) is 0 Å². The zero-order valence-corrected chi connectivity index (χ0v) is 12.4. The van der Waals surface area contributed by atoms with Crippen molar-refractivity contribution in [2.75, 3.05) is 29.9 Å². The average molecular weight is 276 g/mol. The van der Waals surface area contributed by atoms with Gasteiger partial charge in [-0.3, -0.25) is 0 Å². The van der Waals surface area contributed by atoms with Crippen LogP contribution in [0.3, 0.4) is 0 Å². The molecule has 2 atom stereocenters. The molecule has 1 aliphatic carbocycles. The average Bonchev–Trinajstić information content (AvgIpc) is 2.92. The molecule has 20 heavy (non-hydrogen) atoms. The molecule has 1 aromatic rings. The predicted molar refractivity (Wildman–Crippen MR) is 80.3 cm³/mol. The normalized spacial score (nSPS) is 25.6. The monoisotopic (exact) mass is 276 g/mol. The van der Waals surface area contributed by atoms with E-state index in [1.165, 1.54) is 19.3 Å². The maximum Gasteiger partial charge on any atom is 0.224 e. The van der Waals surface area contributed by atoms with Gasteiger partial charge in [0.2, 0.25) is 5.95 Å². The molecular weight excluding hydrogens is 252 g/mol. The fourth-order valence-corrected chi connectivity index (χ4v) is 3.23. The Kier molecular flexibility index (Phi) is 4.05. The maximum atomic E-state index is 5.88. The third-order valence-electron chi connectivity index (χ3n) is 4.15. The smallest absolute Gasteiger partial charge is 0.224 e. The molecule has 2 unspecified atom stereocenters. The first-order valence-electron chi connectivity index (χ1n) is 7.75. The molecule has 0 spiro atoms. The topological polar surface area (TPSA) is 50.3 Å². The lowest BCUT2D eigenvalue weighted by Crippen LogP contribution is -2.49. The number of aromatic nitrogens is 2. The van der Waals surface area contributed by atoms with E-state index in [9.17, 15) is 0 Å². The molecule has 0 radical (unpaired) electrons. The summed E-state index contributed by atoms with van der Waals surface area (Å²) in [4.78, 5) is 11.6. The van der Waals surface area contributed by atoms with Crippen LogP contribution in [0.5, 0.6) is 0 Å². The minimum atomic E-state index is 0.395. The first-order valence-corrected chi connectivity index (χ1v) is 7.75. The van der Waals surface area contributed by atoms with Gasteiger partial charge >= 0.3 is 0 Å². The summed E-state index contributed by atoms with van der Waals surface area (Å²) in [5.74, 6) is 1.80. The van der Waals surface area contributed by atoms with Gasteiger partial charge in [-0.2, -0.15) is 4.98 Å². The standard InChI is InChI=1S/C15H24N4O/c1-3-7-16-15-17-11(2)10-14(18-15)19-8-9-20-13-6-4-5-12(13)19/h10,12-13H,3-9H2,1-2H3,(H,16,17,18). The summed E-state index contributed by atoms with van der Waals surface area (Å²) >= 11 is 0. The van der Waals surface area contributed by atoms with E-state index in [-0.39, 0.29) is 0 Å². The number of hydrogen-bond acceptors (Lipinski definition) is 5. The van der Waals surface area contributed by atoms with Gasteiger partial charge in [-0.1, -0.05) is 6.92 Å². The minimum Gasteiger partial charge on any atom is -0.374 e. The lowest BCUT2D eigenvalue weighted by atomic mass is 10.1. The van der Waals surface area contributed by atoms with Crippen LogP contribution in [-0.4, -0.2) is 41.8 Å². The Balaban J connectivity index is 1.82. The molecule has 110 valence electrons. The molecule has 0 aromatic carbocycles. The van der Waals surface area contributed by atoms with Crippen LogP contribution >= 0.6 is 0 Å². The van der Waals surface area contributed by atoms with Crippen molar-refractivity contribution in [3.8, 4) is 0 Å². The van der Waals surface area contributed by atoms with E-state index in [1.807, 2.05) is 6.92 Å². The first kappa shape index (κ1) is 13.6. The van der Waals surface area contributed by atoms with Crippen LogP contribution in [0.4, 0.5) is 11.8 Å². The summed E-state index contributed by atoms with van der Waals surface area (Å²) < 4.78 is 5.88. The van der Waals surface area contributed by atoms with Crippen LogP contribution in [0, 0.1) is 6.92 Å². The van der Waals surface area contributed by atoms with Crippen LogP contribution in [0.2, 0.25) is 0 Å². The van der Waals surface area contributed by atoms with Crippen molar-refractivity contribution < 1.29 is 4.74 Å². The van der Waals surface area contributed by atoms with Crippen molar-refractivity contribution in [2.45, 2.75) is 51.7 Å². The summed E-state index contributed by atoms with van der Waals surface area (Å²) in [6.07, 6.45) is 5.13. The minimum absolute atomic E-state index is 0.395. The zero-order chi connectivity index (χ0) is 13.9. The second-order valence-corrected chi connectivity index (χ2v) is 5.72. The van der Waals surface area contributed by atoms with Crippen molar-refractivity contribution >= 4 is 11.8 Å². The van der Waals surface area contributed by atoms with Crippen LogP contribution in [0.15, 0.2) is 6.07 Å². The second kappa shape index (κ2) is 5.95. The molecular formula is C15H24N4O. The summed E-state index contributed by atoms with van der Waals surface area (Å²) in [5, 5.41) is 3.29. The fraction of sp³-hybridized carbons (Fsp3) is 0.733. The number of anilines is 2. The summed E-state index contributed by atoms with van der Waals surface area (Å²) in [6.45, 7) is 6.84. The van der Waals surface area contributed by atoms with Crippen LogP contribution in [-0.2, 0) is 4.74 Å². The van der Waals surface area contributed by atoms with Gasteiger partial charge in [0, 0.05) is 24.8 Å². The quantitative estimate of drug-likeness (QED) is 0.915. The van der Waals surface area contributed by atoms with E-state index < -0.39 is 0 Å². The van der Waals surface area contributed by atoms with Gasteiger partial charge in [0.05, 0.1) is 18.8 Å². The van der Waals surface area contributed by atoms with Gasteiger partial charge in [-0.25, -0.2) is 4.98 Å². The molecule has 1 saturated heterocycles. The number of aryl methyl sites for hydroxylation is 1. The number of morpholine rings is 1. The molecule has 1 aliphatic heterocycles. The van der Waals surface area contributed by atoms with Gasteiger partial charge in [-0.05, 0) is 32.6 Å². The first-order chi connectivity index (χ1) is 9.78. The van der Waals surface area contributed by atoms with Gasteiger partial charge in [0.25, 0.3) is 0 Å². The van der Waals surface area contributed by atoms with E-state index in [1.54, 1.807) is 0 Å². The van der Waals surface area contributed by atoms with Crippen LogP contribution < -0.4 is 10.2 Å². The lowest BCUT2D eigenvalue weighted by molar-refractivity contribution is 0.0253. The summed E-state index contributed by atoms with van der Waals surface area (Å²) in [5.41, 5.74) is 1.02. The molecule has 2 fully saturated rings. The van der Waals surface area contributed by atoms with E-state index in [0.29, 0.717) is 12.1 Å². The molecule has 0 bridgehead atoms. The van der Waals surface area contributed by atoms with Crippen molar-refractivity contribution in [2.24, 2.45) is 0 Å². The van der Waals surface area contributed by atoms with Gasteiger partial charge in [0.15, 0.2) is 0 Å². The third-order valence-corrected chi connectivity index (χ3v) is 4.15. The van der Waals surface area contributed by atoms with Gasteiger partial charge in [-0.15, -0.1) is 0 Å². The number of hydrogen-bond donors (Lipinski definition) is 1. The van der Waals surface area contributed by atoms with Gasteiger partial charge in [0.1, 0.15) is 5.82 Å². The Morgan fingerprint density at radius 3 is 3.15 bits per heavy atom. The maximum absolute atomic E-state index is 5.88. The summed E-state index contributed by atoms with van der Waals surface area (Å²) in [7, 11) is 0. The van der Waals surface area contributed by atoms with Crippen LogP contribution in [0.1, 0.15) is 38.3 Å². The van der Waals surface area contributed by atoms with E-state index in [2.05, 4.69) is 28.2 Å². The highest BCUT2D eigenvalue weighted by Crippen LogP contribution is 2.32. The van der Waals surface area contributed by atoms with Crippen LogP contribution in [0.25, 0.3) is 0 Å². The number of ether oxygens (including phenoxy) is 1. The summed E-state index contributed by atoms with van der Waals surface area (Å²) in [6, 6.07) is 2.59. The molecule has 2 heterocycles. The molecule has 2 aliphatic rings. The lowest BCUT2D eigenvalue weighted by Gasteiger charge is -2.38. The van der Waals surface area contributed by atoms with Gasteiger partial charge < -0.3 is 15.0 Å². The SMILES string of the molecule is CCCNc1nc(C)cc(N2CCOC3CCCC32)n1. The second-order valence-electron chi connectivity index (χ2n) is 5.72. The Morgan fingerprint density at radius 1 is 1.40 bits per heavy atom. The molecule has 1 aromatic heterocycles. The number of rotatable bonds is 4. The molecule has 5 nitrogen and oxygen atoms in total. The Labute approximate surface area is 120 Å². The van der Waals surface area contributed by atoms with E-state index in [0.717, 1.165) is 43.6 Å². The number of nitrogens with one attached hydrogen (secondary N) is 1. The molecule has 1 N–H and O–H groups in total. The third kappa shape index (κ3) is 2.73. The molecule has 1 saturated carbocycles. The van der Waals surface area contributed by atoms with E-state index in [4.69, 9.17) is 9.72 Å². The van der Waals surface area contributed by atoms with E-state index >= 15 is 0 Å². The highest BCUT2D eigenvalue weighted by atomic mass is 16.5. The Morgan fingerprint density at radius 2 is 2.30 bits per heavy atom. The van der Waals surface area contributed by atoms with Crippen molar-refractivity contribution in [1.29, 1.82) is 0 Å². The van der Waals surface area contributed by atoms with Crippen molar-refractivity contribution in [1.82, 2.24) is 9.97 Å². The molecule has 0 amide bonds. The largest absolute Gasteiger partial charge is 0.374 e. The number of nitrogens with zero attached hydrogens (tertiary/aromatic N) is 3. The zero-order valence-electron chi connectivity index (χ0n) is 12.4. The molecule has 5 heteroatoms. The number of fused-ring (bicyclic) bond motifs is 1. The highest BCUT2D eigenvalue weighted by molar-refractivity contribution is 5.46. The fourth-order valence-electron chi connectivity index (χ4n) is 3.23.